The van der Waals surface area contributed by atoms with E-state index in [0.29, 0.717) is 31.5 Å². The van der Waals surface area contributed by atoms with E-state index in [1.54, 1.807) is 11.0 Å². The van der Waals surface area contributed by atoms with E-state index in [1.807, 2.05) is 0 Å². The summed E-state index contributed by atoms with van der Waals surface area (Å²) in [6, 6.07) is 4.55. The highest BCUT2D eigenvalue weighted by molar-refractivity contribution is 5.96. The van der Waals surface area contributed by atoms with Crippen molar-refractivity contribution in [3.05, 3.63) is 29.6 Å². The molecular formula is C15H18FNO3. The Morgan fingerprint density at radius 1 is 1.25 bits per heavy atom. The summed E-state index contributed by atoms with van der Waals surface area (Å²) in [5.41, 5.74) is 1.66. The fraction of sp³-hybridized carbons (Fsp3) is 0.467. The van der Waals surface area contributed by atoms with Gasteiger partial charge >= 0.3 is 5.97 Å². The SMILES string of the molecule is O=C(O)CCCCCN1C(=O)CCc2ccc(F)cc21. The second kappa shape index (κ2) is 6.50. The molecule has 1 heterocycles. The number of hydrogen-bond donors (Lipinski definition) is 1. The Hall–Kier alpha value is -1.91. The van der Waals surface area contributed by atoms with Crippen LogP contribution in [0.15, 0.2) is 18.2 Å². The van der Waals surface area contributed by atoms with Gasteiger partial charge in [-0.2, -0.15) is 0 Å². The molecule has 0 saturated heterocycles. The Morgan fingerprint density at radius 2 is 2.05 bits per heavy atom. The molecule has 0 spiro atoms. The van der Waals surface area contributed by atoms with Crippen LogP contribution in [-0.2, 0) is 16.0 Å². The first-order valence-electron chi connectivity index (χ1n) is 6.88. The number of aliphatic carboxylic acids is 1. The first kappa shape index (κ1) is 14.5. The van der Waals surface area contributed by atoms with E-state index < -0.39 is 5.97 Å². The summed E-state index contributed by atoms with van der Waals surface area (Å²) < 4.78 is 13.3. The van der Waals surface area contributed by atoms with Gasteiger partial charge < -0.3 is 10.0 Å². The van der Waals surface area contributed by atoms with Crippen LogP contribution in [0.25, 0.3) is 0 Å². The molecular weight excluding hydrogens is 261 g/mol. The molecule has 4 nitrogen and oxygen atoms in total. The lowest BCUT2D eigenvalue weighted by Gasteiger charge is -2.29. The lowest BCUT2D eigenvalue weighted by Crippen LogP contribution is -2.36. The number of unbranched alkanes of at least 4 members (excludes halogenated alkanes) is 2. The number of hydrogen-bond acceptors (Lipinski definition) is 2. The summed E-state index contributed by atoms with van der Waals surface area (Å²) in [6.07, 6.45) is 3.35. The van der Waals surface area contributed by atoms with Crippen LogP contribution in [0.1, 0.15) is 37.7 Å². The molecule has 1 aliphatic rings. The van der Waals surface area contributed by atoms with Crippen LogP contribution in [0.5, 0.6) is 0 Å². The van der Waals surface area contributed by atoms with Gasteiger partial charge in [-0.1, -0.05) is 12.5 Å². The predicted octanol–water partition coefficient (Wildman–Crippen LogP) is 2.75. The molecule has 0 radical (unpaired) electrons. The van der Waals surface area contributed by atoms with Crippen molar-refractivity contribution in [2.75, 3.05) is 11.4 Å². The molecule has 108 valence electrons. The molecule has 1 aromatic rings. The molecule has 0 fully saturated rings. The van der Waals surface area contributed by atoms with E-state index in [4.69, 9.17) is 5.11 Å². The first-order valence-corrected chi connectivity index (χ1v) is 6.88. The molecule has 1 amide bonds. The van der Waals surface area contributed by atoms with Gasteiger partial charge in [0.1, 0.15) is 5.82 Å². The van der Waals surface area contributed by atoms with E-state index in [-0.39, 0.29) is 18.1 Å². The second-order valence-electron chi connectivity index (χ2n) is 5.02. The molecule has 0 bridgehead atoms. The van der Waals surface area contributed by atoms with Crippen molar-refractivity contribution in [2.24, 2.45) is 0 Å². The zero-order valence-electron chi connectivity index (χ0n) is 11.3. The van der Waals surface area contributed by atoms with Gasteiger partial charge in [0, 0.05) is 25.1 Å². The van der Waals surface area contributed by atoms with E-state index in [2.05, 4.69) is 0 Å². The highest BCUT2D eigenvalue weighted by Crippen LogP contribution is 2.28. The number of anilines is 1. The van der Waals surface area contributed by atoms with Gasteiger partial charge in [-0.25, -0.2) is 4.39 Å². The molecule has 20 heavy (non-hydrogen) atoms. The maximum absolute atomic E-state index is 13.3. The quantitative estimate of drug-likeness (QED) is 0.815. The highest BCUT2D eigenvalue weighted by Gasteiger charge is 2.23. The molecule has 0 saturated carbocycles. The Kier molecular flexibility index (Phi) is 4.71. The van der Waals surface area contributed by atoms with E-state index >= 15 is 0 Å². The standard InChI is InChI=1S/C15H18FNO3/c16-12-7-5-11-6-8-14(18)17(13(11)10-12)9-3-1-2-4-15(19)20/h5,7,10H,1-4,6,8-9H2,(H,19,20). The first-order chi connectivity index (χ1) is 9.58. The van der Waals surface area contributed by atoms with Crippen LogP contribution in [0.3, 0.4) is 0 Å². The summed E-state index contributed by atoms with van der Waals surface area (Å²) >= 11 is 0. The molecule has 2 rings (SSSR count). The number of nitrogens with zero attached hydrogens (tertiary/aromatic N) is 1. The van der Waals surface area contributed by atoms with E-state index in [1.165, 1.54) is 12.1 Å². The monoisotopic (exact) mass is 279 g/mol. The lowest BCUT2D eigenvalue weighted by molar-refractivity contribution is -0.137. The minimum atomic E-state index is -0.800. The van der Waals surface area contributed by atoms with Crippen molar-refractivity contribution in [1.29, 1.82) is 0 Å². The fourth-order valence-corrected chi connectivity index (χ4v) is 2.48. The third-order valence-electron chi connectivity index (χ3n) is 3.52. The number of amides is 1. The van der Waals surface area contributed by atoms with Crippen molar-refractivity contribution in [2.45, 2.75) is 38.5 Å². The summed E-state index contributed by atoms with van der Waals surface area (Å²) in [5, 5.41) is 8.56. The molecule has 0 unspecified atom stereocenters. The predicted molar refractivity (Wildman–Crippen MR) is 73.2 cm³/mol. The average Bonchev–Trinajstić information content (AvgIpc) is 2.40. The van der Waals surface area contributed by atoms with Crippen molar-refractivity contribution in [3.8, 4) is 0 Å². The number of rotatable bonds is 6. The third-order valence-corrected chi connectivity index (χ3v) is 3.52. The number of fused-ring (bicyclic) bond motifs is 1. The molecule has 1 aliphatic heterocycles. The summed E-state index contributed by atoms with van der Waals surface area (Å²) in [4.78, 5) is 24.0. The van der Waals surface area contributed by atoms with Gasteiger partial charge in [-0.3, -0.25) is 9.59 Å². The van der Waals surface area contributed by atoms with Crippen LogP contribution >= 0.6 is 0 Å². The van der Waals surface area contributed by atoms with Gasteiger partial charge in [0.2, 0.25) is 5.91 Å². The second-order valence-corrected chi connectivity index (χ2v) is 5.02. The minimum Gasteiger partial charge on any atom is -0.481 e. The molecule has 0 aromatic heterocycles. The maximum Gasteiger partial charge on any atom is 0.303 e. The Morgan fingerprint density at radius 3 is 2.80 bits per heavy atom. The van der Waals surface area contributed by atoms with Crippen molar-refractivity contribution in [3.63, 3.8) is 0 Å². The molecule has 1 N–H and O–H groups in total. The number of carboxylic acids is 1. The molecule has 1 aromatic carbocycles. The molecule has 5 heteroatoms. The minimum absolute atomic E-state index is 0.0151. The van der Waals surface area contributed by atoms with Crippen LogP contribution in [0.4, 0.5) is 10.1 Å². The number of halogens is 1. The lowest BCUT2D eigenvalue weighted by atomic mass is 10.0. The Bertz CT molecular complexity index is 516. The zero-order chi connectivity index (χ0) is 14.5. The highest BCUT2D eigenvalue weighted by atomic mass is 19.1. The van der Waals surface area contributed by atoms with E-state index in [0.717, 1.165) is 18.4 Å². The summed E-state index contributed by atoms with van der Waals surface area (Å²) in [6.45, 7) is 0.523. The molecule has 0 aliphatic carbocycles. The average molecular weight is 279 g/mol. The van der Waals surface area contributed by atoms with Crippen LogP contribution in [-0.4, -0.2) is 23.5 Å². The number of aryl methyl sites for hydroxylation is 1. The smallest absolute Gasteiger partial charge is 0.303 e. The number of carbonyl (C=O) groups is 2. The summed E-state index contributed by atoms with van der Waals surface area (Å²) in [5.74, 6) is -1.12. The number of benzene rings is 1. The van der Waals surface area contributed by atoms with Gasteiger partial charge in [0.25, 0.3) is 0 Å². The van der Waals surface area contributed by atoms with Gasteiger partial charge in [-0.15, -0.1) is 0 Å². The normalized spacial score (nSPS) is 14.2. The molecule has 0 atom stereocenters. The van der Waals surface area contributed by atoms with Crippen LogP contribution in [0, 0.1) is 5.82 Å². The van der Waals surface area contributed by atoms with Gasteiger partial charge in [-0.05, 0) is 37.0 Å². The largest absolute Gasteiger partial charge is 0.481 e. The van der Waals surface area contributed by atoms with Gasteiger partial charge in [0.15, 0.2) is 0 Å². The van der Waals surface area contributed by atoms with Crippen molar-refractivity contribution >= 4 is 17.6 Å². The number of carbonyl (C=O) groups excluding carboxylic acids is 1. The third kappa shape index (κ3) is 3.56. The number of carboxylic acid groups (broad SMARTS) is 1. The van der Waals surface area contributed by atoms with Crippen LogP contribution < -0.4 is 4.90 Å². The maximum atomic E-state index is 13.3. The summed E-state index contributed by atoms with van der Waals surface area (Å²) in [7, 11) is 0. The van der Waals surface area contributed by atoms with Gasteiger partial charge in [0.05, 0.1) is 0 Å². The Balaban J connectivity index is 1.95. The van der Waals surface area contributed by atoms with Crippen LogP contribution in [0.2, 0.25) is 0 Å². The fourth-order valence-electron chi connectivity index (χ4n) is 2.48. The van der Waals surface area contributed by atoms with Crippen molar-refractivity contribution in [1.82, 2.24) is 0 Å². The zero-order valence-corrected chi connectivity index (χ0v) is 11.3. The topological polar surface area (TPSA) is 57.6 Å². The Labute approximate surface area is 117 Å². The van der Waals surface area contributed by atoms with E-state index in [9.17, 15) is 14.0 Å². The van der Waals surface area contributed by atoms with Crippen molar-refractivity contribution < 1.29 is 19.1 Å².